The van der Waals surface area contributed by atoms with Crippen LogP contribution in [0.4, 0.5) is 0 Å². The molecule has 6 heteroatoms. The highest BCUT2D eigenvalue weighted by atomic mass is 16.5. The summed E-state index contributed by atoms with van der Waals surface area (Å²) < 4.78 is 11.0. The van der Waals surface area contributed by atoms with Crippen molar-refractivity contribution in [2.45, 2.75) is 26.7 Å². The van der Waals surface area contributed by atoms with Crippen LogP contribution in [0.15, 0.2) is 48.5 Å². The van der Waals surface area contributed by atoms with E-state index in [9.17, 15) is 9.59 Å². The normalized spacial score (nSPS) is 10.1. The number of benzene rings is 2. The minimum atomic E-state index is -0.452. The van der Waals surface area contributed by atoms with Gasteiger partial charge in [-0.05, 0) is 42.7 Å². The molecule has 0 saturated heterocycles. The summed E-state index contributed by atoms with van der Waals surface area (Å²) >= 11 is 0. The number of amides is 2. The molecule has 2 amide bonds. The number of carbonyl (C=O) groups is 2. The Morgan fingerprint density at radius 3 is 2.54 bits per heavy atom. The number of hydrogen-bond acceptors (Lipinski definition) is 4. The summed E-state index contributed by atoms with van der Waals surface area (Å²) in [7, 11) is 0. The van der Waals surface area contributed by atoms with E-state index in [0.29, 0.717) is 23.7 Å². The third kappa shape index (κ3) is 5.81. The second-order valence-corrected chi connectivity index (χ2v) is 5.64. The van der Waals surface area contributed by atoms with Gasteiger partial charge in [0.05, 0.1) is 12.2 Å². The van der Waals surface area contributed by atoms with Crippen LogP contribution in [0.5, 0.6) is 11.5 Å². The van der Waals surface area contributed by atoms with Crippen molar-refractivity contribution in [3.63, 3.8) is 0 Å². The molecule has 2 rings (SSSR count). The first-order valence-electron chi connectivity index (χ1n) is 8.66. The number of aryl methyl sites for hydroxylation is 1. The van der Waals surface area contributed by atoms with Gasteiger partial charge < -0.3 is 9.47 Å². The van der Waals surface area contributed by atoms with Crippen LogP contribution in [0.3, 0.4) is 0 Å². The van der Waals surface area contributed by atoms with Crippen molar-refractivity contribution in [1.29, 1.82) is 0 Å². The first kappa shape index (κ1) is 19.3. The van der Waals surface area contributed by atoms with Crippen LogP contribution in [0.25, 0.3) is 0 Å². The van der Waals surface area contributed by atoms with Crippen molar-refractivity contribution in [3.8, 4) is 11.5 Å². The number of ether oxygens (including phenoxy) is 2. The molecular weight excluding hydrogens is 332 g/mol. The molecule has 0 aliphatic rings. The van der Waals surface area contributed by atoms with Gasteiger partial charge in [-0.3, -0.25) is 20.4 Å². The van der Waals surface area contributed by atoms with Crippen molar-refractivity contribution < 1.29 is 19.1 Å². The Hall–Kier alpha value is -3.02. The Balaban J connectivity index is 1.84. The molecule has 0 aromatic heterocycles. The molecule has 0 heterocycles. The van der Waals surface area contributed by atoms with Crippen LogP contribution in [0.2, 0.25) is 0 Å². The number of para-hydroxylation sites is 1. The fourth-order valence-corrected chi connectivity index (χ4v) is 2.23. The third-order valence-electron chi connectivity index (χ3n) is 3.59. The van der Waals surface area contributed by atoms with Crippen LogP contribution in [0, 0.1) is 0 Å². The average molecular weight is 356 g/mol. The number of rotatable bonds is 8. The Bertz CT molecular complexity index is 746. The third-order valence-corrected chi connectivity index (χ3v) is 3.59. The second-order valence-electron chi connectivity index (χ2n) is 5.64. The van der Waals surface area contributed by atoms with Gasteiger partial charge in [0.1, 0.15) is 11.5 Å². The molecule has 26 heavy (non-hydrogen) atoms. The van der Waals surface area contributed by atoms with Crippen molar-refractivity contribution in [2.75, 3.05) is 13.2 Å². The van der Waals surface area contributed by atoms with E-state index in [4.69, 9.17) is 9.47 Å². The minimum Gasteiger partial charge on any atom is -0.493 e. The standard InChI is InChI=1S/C20H24N2O4/c1-3-12-25-18-11-6-5-10-17(18)20(24)22-21-19(23)14-26-16-9-7-8-15(4-2)13-16/h5-11,13H,3-4,12,14H2,1-2H3,(H,21,23)(H,22,24). The number of hydrogen-bond donors (Lipinski definition) is 2. The van der Waals surface area contributed by atoms with Gasteiger partial charge in [0, 0.05) is 0 Å². The summed E-state index contributed by atoms with van der Waals surface area (Å²) in [4.78, 5) is 24.1. The predicted octanol–water partition coefficient (Wildman–Crippen LogP) is 2.88. The maximum atomic E-state index is 12.2. The van der Waals surface area contributed by atoms with Gasteiger partial charge >= 0.3 is 0 Å². The lowest BCUT2D eigenvalue weighted by molar-refractivity contribution is -0.123. The van der Waals surface area contributed by atoms with Gasteiger partial charge in [-0.1, -0.05) is 38.1 Å². The zero-order valence-corrected chi connectivity index (χ0v) is 15.1. The SMILES string of the molecule is CCCOc1ccccc1C(=O)NNC(=O)COc1cccc(CC)c1. The molecule has 2 aromatic carbocycles. The topological polar surface area (TPSA) is 76.7 Å². The first-order chi connectivity index (χ1) is 12.6. The summed E-state index contributed by atoms with van der Waals surface area (Å²) in [6, 6.07) is 14.4. The highest BCUT2D eigenvalue weighted by molar-refractivity contribution is 5.97. The van der Waals surface area contributed by atoms with Crippen LogP contribution >= 0.6 is 0 Å². The molecule has 0 fully saturated rings. The van der Waals surface area contributed by atoms with Gasteiger partial charge in [-0.2, -0.15) is 0 Å². The van der Waals surface area contributed by atoms with Gasteiger partial charge in [0.2, 0.25) is 0 Å². The maximum Gasteiger partial charge on any atom is 0.276 e. The largest absolute Gasteiger partial charge is 0.493 e. The van der Waals surface area contributed by atoms with Gasteiger partial charge in [0.25, 0.3) is 11.8 Å². The fourth-order valence-electron chi connectivity index (χ4n) is 2.23. The van der Waals surface area contributed by atoms with E-state index in [-0.39, 0.29) is 6.61 Å². The van der Waals surface area contributed by atoms with Crippen LogP contribution in [-0.4, -0.2) is 25.0 Å². The van der Waals surface area contributed by atoms with Gasteiger partial charge in [-0.25, -0.2) is 0 Å². The summed E-state index contributed by atoms with van der Waals surface area (Å²) in [5.74, 6) is 0.197. The lowest BCUT2D eigenvalue weighted by atomic mass is 10.2. The second kappa shape index (κ2) is 10.1. The molecular formula is C20H24N2O4. The average Bonchev–Trinajstić information content (AvgIpc) is 2.69. The molecule has 0 saturated carbocycles. The minimum absolute atomic E-state index is 0.193. The molecule has 0 bridgehead atoms. The summed E-state index contributed by atoms with van der Waals surface area (Å²) in [6.45, 7) is 4.35. The Morgan fingerprint density at radius 2 is 1.77 bits per heavy atom. The molecule has 2 N–H and O–H groups in total. The number of nitrogens with one attached hydrogen (secondary N) is 2. The smallest absolute Gasteiger partial charge is 0.276 e. The Labute approximate surface area is 153 Å². The molecule has 0 unspecified atom stereocenters. The van der Waals surface area contributed by atoms with Crippen LogP contribution in [0.1, 0.15) is 36.2 Å². The molecule has 0 aliphatic heterocycles. The fraction of sp³-hybridized carbons (Fsp3) is 0.300. The number of hydrazine groups is 1. The molecule has 0 spiro atoms. The maximum absolute atomic E-state index is 12.2. The van der Waals surface area contributed by atoms with Gasteiger partial charge in [-0.15, -0.1) is 0 Å². The predicted molar refractivity (Wildman–Crippen MR) is 99.2 cm³/mol. The lowest BCUT2D eigenvalue weighted by Crippen LogP contribution is -2.43. The lowest BCUT2D eigenvalue weighted by Gasteiger charge is -2.12. The highest BCUT2D eigenvalue weighted by Crippen LogP contribution is 2.17. The van der Waals surface area contributed by atoms with E-state index in [1.54, 1.807) is 30.3 Å². The van der Waals surface area contributed by atoms with E-state index < -0.39 is 11.8 Å². The monoisotopic (exact) mass is 356 g/mol. The van der Waals surface area contributed by atoms with E-state index in [1.165, 1.54) is 0 Å². The van der Waals surface area contributed by atoms with Crippen molar-refractivity contribution in [1.82, 2.24) is 10.9 Å². The zero-order chi connectivity index (χ0) is 18.8. The molecule has 138 valence electrons. The van der Waals surface area contributed by atoms with Crippen LogP contribution < -0.4 is 20.3 Å². The molecule has 2 aromatic rings. The molecule has 0 radical (unpaired) electrons. The van der Waals surface area contributed by atoms with E-state index in [1.807, 2.05) is 32.0 Å². The summed E-state index contributed by atoms with van der Waals surface area (Å²) in [5, 5.41) is 0. The zero-order valence-electron chi connectivity index (χ0n) is 15.1. The van der Waals surface area contributed by atoms with Crippen molar-refractivity contribution in [2.24, 2.45) is 0 Å². The Morgan fingerprint density at radius 1 is 0.962 bits per heavy atom. The quantitative estimate of drug-likeness (QED) is 0.713. The molecule has 0 atom stereocenters. The van der Waals surface area contributed by atoms with Crippen molar-refractivity contribution >= 4 is 11.8 Å². The Kier molecular flexibility index (Phi) is 7.49. The number of carbonyl (C=O) groups excluding carboxylic acids is 2. The molecule has 6 nitrogen and oxygen atoms in total. The van der Waals surface area contributed by atoms with E-state index >= 15 is 0 Å². The van der Waals surface area contributed by atoms with Crippen molar-refractivity contribution in [3.05, 3.63) is 59.7 Å². The summed E-state index contributed by atoms with van der Waals surface area (Å²) in [5.41, 5.74) is 6.20. The highest BCUT2D eigenvalue weighted by Gasteiger charge is 2.13. The first-order valence-corrected chi connectivity index (χ1v) is 8.66. The summed E-state index contributed by atoms with van der Waals surface area (Å²) in [6.07, 6.45) is 1.72. The molecule has 0 aliphatic carbocycles. The van der Waals surface area contributed by atoms with Crippen LogP contribution in [-0.2, 0) is 11.2 Å². The van der Waals surface area contributed by atoms with E-state index in [0.717, 1.165) is 18.4 Å². The van der Waals surface area contributed by atoms with E-state index in [2.05, 4.69) is 10.9 Å². The van der Waals surface area contributed by atoms with Gasteiger partial charge in [0.15, 0.2) is 6.61 Å².